The number of hydrogen-bond acceptors (Lipinski definition) is 3. The summed E-state index contributed by atoms with van der Waals surface area (Å²) in [5.41, 5.74) is 1.77. The van der Waals surface area contributed by atoms with Gasteiger partial charge in [-0.05, 0) is 13.8 Å². The highest BCUT2D eigenvalue weighted by molar-refractivity contribution is 6.28. The van der Waals surface area contributed by atoms with Gasteiger partial charge < -0.3 is 0 Å². The molecule has 0 spiro atoms. The zero-order valence-electron chi connectivity index (χ0n) is 12.5. The lowest BCUT2D eigenvalue weighted by Gasteiger charge is -2.04. The summed E-state index contributed by atoms with van der Waals surface area (Å²) < 4.78 is 0. The van der Waals surface area contributed by atoms with Crippen LogP contribution in [0.4, 0.5) is 0 Å². The summed E-state index contributed by atoms with van der Waals surface area (Å²) in [7, 11) is 0. The Morgan fingerprint density at radius 2 is 1.41 bits per heavy atom. The first-order chi connectivity index (χ1) is 10.5. The number of allylic oxidation sites excluding steroid dienone is 2. The second kappa shape index (κ2) is 6.76. The molecule has 0 saturated heterocycles. The molecule has 110 valence electrons. The first-order valence-corrected chi connectivity index (χ1v) is 6.92. The molecule has 0 radical (unpaired) electrons. The predicted molar refractivity (Wildman–Crippen MR) is 85.0 cm³/mol. The number of ketones is 3. The smallest absolute Gasteiger partial charge is 0.196 e. The normalized spacial score (nSPS) is 11.1. The van der Waals surface area contributed by atoms with E-state index < -0.39 is 11.6 Å². The molecule has 22 heavy (non-hydrogen) atoms. The molecule has 0 aromatic heterocycles. The van der Waals surface area contributed by atoms with E-state index in [9.17, 15) is 14.4 Å². The summed E-state index contributed by atoms with van der Waals surface area (Å²) in [4.78, 5) is 36.3. The fourth-order valence-corrected chi connectivity index (χ4v) is 2.00. The van der Waals surface area contributed by atoms with Gasteiger partial charge in [0.25, 0.3) is 0 Å². The van der Waals surface area contributed by atoms with Crippen molar-refractivity contribution in [3.63, 3.8) is 0 Å². The van der Waals surface area contributed by atoms with E-state index in [1.807, 2.05) is 19.1 Å². The van der Waals surface area contributed by atoms with E-state index in [0.29, 0.717) is 11.1 Å². The van der Waals surface area contributed by atoms with Gasteiger partial charge in [0.2, 0.25) is 0 Å². The summed E-state index contributed by atoms with van der Waals surface area (Å²) in [6.45, 7) is 3.21. The monoisotopic (exact) mass is 292 g/mol. The maximum Gasteiger partial charge on any atom is 0.196 e. The van der Waals surface area contributed by atoms with Gasteiger partial charge in [-0.3, -0.25) is 14.4 Å². The number of Topliss-reactive ketones (excluding diaryl/α,β-unsaturated/α-hetero) is 2. The van der Waals surface area contributed by atoms with Gasteiger partial charge in [-0.2, -0.15) is 0 Å². The summed E-state index contributed by atoms with van der Waals surface area (Å²) in [5.74, 6) is -1.21. The Morgan fingerprint density at radius 3 is 1.95 bits per heavy atom. The van der Waals surface area contributed by atoms with Crippen LogP contribution in [0.1, 0.15) is 33.2 Å². The van der Waals surface area contributed by atoms with E-state index in [0.717, 1.165) is 11.6 Å². The molecule has 3 nitrogen and oxygen atoms in total. The van der Waals surface area contributed by atoms with E-state index in [1.165, 1.54) is 6.92 Å². The van der Waals surface area contributed by atoms with Crippen LogP contribution < -0.4 is 0 Å². The Kier molecular flexibility index (Phi) is 4.79. The van der Waals surface area contributed by atoms with E-state index in [1.54, 1.807) is 42.5 Å². The molecule has 0 N–H and O–H groups in total. The fourth-order valence-electron chi connectivity index (χ4n) is 2.00. The van der Waals surface area contributed by atoms with Crippen molar-refractivity contribution < 1.29 is 14.4 Å². The Morgan fingerprint density at radius 1 is 0.818 bits per heavy atom. The lowest BCUT2D eigenvalue weighted by atomic mass is 9.97. The summed E-state index contributed by atoms with van der Waals surface area (Å²) in [5, 5.41) is 0. The van der Waals surface area contributed by atoms with Crippen molar-refractivity contribution in [3.8, 4) is 0 Å². The minimum Gasteiger partial charge on any atom is -0.294 e. The number of carbonyl (C=O) groups excluding carboxylic acids is 3. The van der Waals surface area contributed by atoms with E-state index >= 15 is 0 Å². The molecule has 0 fully saturated rings. The zero-order chi connectivity index (χ0) is 16.1. The molecule has 0 unspecified atom stereocenters. The number of aryl methyl sites for hydroxylation is 1. The number of carbonyl (C=O) groups is 3. The van der Waals surface area contributed by atoms with Crippen LogP contribution in [-0.2, 0) is 4.79 Å². The van der Waals surface area contributed by atoms with Crippen LogP contribution in [0, 0.1) is 6.92 Å². The zero-order valence-corrected chi connectivity index (χ0v) is 12.5. The third kappa shape index (κ3) is 3.64. The maximum absolute atomic E-state index is 12.4. The van der Waals surface area contributed by atoms with Gasteiger partial charge in [0, 0.05) is 17.2 Å². The van der Waals surface area contributed by atoms with Crippen LogP contribution in [0.25, 0.3) is 0 Å². The van der Waals surface area contributed by atoms with Gasteiger partial charge in [0.05, 0.1) is 5.57 Å². The number of benzene rings is 2. The second-order valence-corrected chi connectivity index (χ2v) is 5.04. The minimum absolute atomic E-state index is 0.100. The summed E-state index contributed by atoms with van der Waals surface area (Å²) in [6, 6.07) is 15.4. The first kappa shape index (κ1) is 15.6. The lowest BCUT2D eigenvalue weighted by Crippen LogP contribution is -2.13. The van der Waals surface area contributed by atoms with Crippen molar-refractivity contribution in [2.24, 2.45) is 0 Å². The minimum atomic E-state index is -0.437. The van der Waals surface area contributed by atoms with Crippen LogP contribution in [-0.4, -0.2) is 17.3 Å². The van der Waals surface area contributed by atoms with Crippen LogP contribution in [0.3, 0.4) is 0 Å². The van der Waals surface area contributed by atoms with Crippen molar-refractivity contribution in [1.29, 1.82) is 0 Å². The average molecular weight is 292 g/mol. The standard InChI is InChI=1S/C19H16O3/c1-13-8-10-15(11-9-13)18(21)12-17(14(2)20)19(22)16-6-4-3-5-7-16/h3-12H,1-2H3/b17-12-. The first-order valence-electron chi connectivity index (χ1n) is 6.92. The van der Waals surface area contributed by atoms with Gasteiger partial charge in [-0.15, -0.1) is 0 Å². The maximum atomic E-state index is 12.4. The Bertz CT molecular complexity index is 738. The lowest BCUT2D eigenvalue weighted by molar-refractivity contribution is -0.113. The largest absolute Gasteiger partial charge is 0.294 e. The molecule has 2 rings (SSSR count). The quantitative estimate of drug-likeness (QED) is 0.366. The van der Waals surface area contributed by atoms with Gasteiger partial charge in [0.1, 0.15) is 0 Å². The summed E-state index contributed by atoms with van der Waals surface area (Å²) >= 11 is 0. The number of hydrogen-bond donors (Lipinski definition) is 0. The number of rotatable bonds is 5. The van der Waals surface area contributed by atoms with E-state index in [4.69, 9.17) is 0 Å². The molecule has 0 saturated carbocycles. The van der Waals surface area contributed by atoms with Crippen molar-refractivity contribution in [3.05, 3.63) is 82.9 Å². The molecule has 0 aliphatic carbocycles. The molecule has 2 aromatic carbocycles. The predicted octanol–water partition coefficient (Wildman–Crippen LogP) is 3.58. The Labute approximate surface area is 129 Å². The van der Waals surface area contributed by atoms with E-state index in [2.05, 4.69) is 0 Å². The van der Waals surface area contributed by atoms with Gasteiger partial charge in [0.15, 0.2) is 17.3 Å². The molecule has 0 atom stereocenters. The highest BCUT2D eigenvalue weighted by atomic mass is 16.2. The molecule has 0 amide bonds. The van der Waals surface area contributed by atoms with Crippen LogP contribution in [0.2, 0.25) is 0 Å². The molecule has 0 heterocycles. The van der Waals surface area contributed by atoms with Gasteiger partial charge >= 0.3 is 0 Å². The summed E-state index contributed by atoms with van der Waals surface area (Å²) in [6.07, 6.45) is 1.13. The topological polar surface area (TPSA) is 51.2 Å². The van der Waals surface area contributed by atoms with Crippen molar-refractivity contribution in [1.82, 2.24) is 0 Å². The molecular weight excluding hydrogens is 276 g/mol. The van der Waals surface area contributed by atoms with Crippen molar-refractivity contribution in [2.45, 2.75) is 13.8 Å². The molecular formula is C19H16O3. The third-order valence-corrected chi connectivity index (χ3v) is 3.27. The molecule has 0 aliphatic rings. The van der Waals surface area contributed by atoms with Crippen molar-refractivity contribution >= 4 is 17.3 Å². The van der Waals surface area contributed by atoms with Crippen LogP contribution in [0.5, 0.6) is 0 Å². The highest BCUT2D eigenvalue weighted by Gasteiger charge is 2.18. The second-order valence-electron chi connectivity index (χ2n) is 5.04. The van der Waals surface area contributed by atoms with Gasteiger partial charge in [-0.25, -0.2) is 0 Å². The SMILES string of the molecule is CC(=O)/C(=C/C(=O)c1ccc(C)cc1)C(=O)c1ccccc1. The van der Waals surface area contributed by atoms with Crippen molar-refractivity contribution in [2.75, 3.05) is 0 Å². The Balaban J connectivity index is 2.35. The molecule has 2 aromatic rings. The van der Waals surface area contributed by atoms with E-state index in [-0.39, 0.29) is 11.4 Å². The molecule has 3 heteroatoms. The highest BCUT2D eigenvalue weighted by Crippen LogP contribution is 2.12. The Hall–Kier alpha value is -2.81. The fraction of sp³-hybridized carbons (Fsp3) is 0.105. The third-order valence-electron chi connectivity index (χ3n) is 3.27. The van der Waals surface area contributed by atoms with Gasteiger partial charge in [-0.1, -0.05) is 60.2 Å². The van der Waals surface area contributed by atoms with Crippen LogP contribution in [0.15, 0.2) is 66.2 Å². The average Bonchev–Trinajstić information content (AvgIpc) is 2.53. The molecule has 0 aliphatic heterocycles. The molecule has 0 bridgehead atoms. The van der Waals surface area contributed by atoms with Crippen LogP contribution >= 0.6 is 0 Å².